The standard InChI is InChI=1S/C21H40O/c1-6-7-8-9-10-11-12-18(2)17-21(22)15-13-19(14-16-21)20(3,4)5/h19,22H,2,6-17H2,1,3-5H3. The van der Waals surface area contributed by atoms with E-state index in [4.69, 9.17) is 0 Å². The van der Waals surface area contributed by atoms with Crippen LogP contribution in [0.1, 0.15) is 105 Å². The first-order valence-corrected chi connectivity index (χ1v) is 9.66. The van der Waals surface area contributed by atoms with E-state index in [9.17, 15) is 5.11 Å². The molecule has 22 heavy (non-hydrogen) atoms. The molecule has 1 fully saturated rings. The number of hydrogen-bond donors (Lipinski definition) is 1. The highest BCUT2D eigenvalue weighted by molar-refractivity contribution is 5.03. The molecule has 0 radical (unpaired) electrons. The Balaban J connectivity index is 2.21. The van der Waals surface area contributed by atoms with Gasteiger partial charge in [0.05, 0.1) is 5.60 Å². The predicted octanol–water partition coefficient (Wildman–Crippen LogP) is 6.65. The molecule has 130 valence electrons. The van der Waals surface area contributed by atoms with Crippen LogP contribution in [-0.2, 0) is 0 Å². The molecule has 1 aliphatic rings. The summed E-state index contributed by atoms with van der Waals surface area (Å²) in [6.45, 7) is 13.5. The number of rotatable bonds is 9. The zero-order valence-corrected chi connectivity index (χ0v) is 15.7. The van der Waals surface area contributed by atoms with E-state index < -0.39 is 5.60 Å². The molecule has 1 rings (SSSR count). The lowest BCUT2D eigenvalue weighted by Gasteiger charge is -2.41. The maximum absolute atomic E-state index is 10.8. The van der Waals surface area contributed by atoms with Crippen molar-refractivity contribution in [2.75, 3.05) is 0 Å². The normalized spacial score (nSPS) is 26.1. The first-order valence-electron chi connectivity index (χ1n) is 9.66. The number of unbranched alkanes of at least 4 members (excludes halogenated alkanes) is 5. The van der Waals surface area contributed by atoms with Crippen LogP contribution in [0.4, 0.5) is 0 Å². The average molecular weight is 309 g/mol. The van der Waals surface area contributed by atoms with Crippen molar-refractivity contribution in [1.82, 2.24) is 0 Å². The molecule has 1 heteroatoms. The summed E-state index contributed by atoms with van der Waals surface area (Å²) < 4.78 is 0. The van der Waals surface area contributed by atoms with E-state index in [0.717, 1.165) is 31.6 Å². The average Bonchev–Trinajstić information content (AvgIpc) is 2.41. The van der Waals surface area contributed by atoms with E-state index in [1.807, 2.05) is 0 Å². The fourth-order valence-electron chi connectivity index (χ4n) is 3.91. The molecule has 0 bridgehead atoms. The SMILES string of the molecule is C=C(CCCCCCCC)CC1(O)CCC(C(C)(C)C)CC1. The minimum atomic E-state index is -0.457. The molecule has 0 aromatic rings. The van der Waals surface area contributed by atoms with Gasteiger partial charge in [-0.1, -0.05) is 72.0 Å². The van der Waals surface area contributed by atoms with Crippen molar-refractivity contribution in [3.63, 3.8) is 0 Å². The molecule has 1 aliphatic carbocycles. The van der Waals surface area contributed by atoms with Gasteiger partial charge in [0.25, 0.3) is 0 Å². The molecule has 0 aliphatic heterocycles. The largest absolute Gasteiger partial charge is 0.390 e. The van der Waals surface area contributed by atoms with Crippen LogP contribution in [0, 0.1) is 11.3 Å². The highest BCUT2D eigenvalue weighted by atomic mass is 16.3. The van der Waals surface area contributed by atoms with Crippen LogP contribution >= 0.6 is 0 Å². The van der Waals surface area contributed by atoms with Gasteiger partial charge in [-0.2, -0.15) is 0 Å². The Morgan fingerprint density at radius 2 is 1.59 bits per heavy atom. The highest BCUT2D eigenvalue weighted by Crippen LogP contribution is 2.43. The van der Waals surface area contributed by atoms with E-state index in [0.29, 0.717) is 5.41 Å². The second-order valence-electron chi connectivity index (χ2n) is 8.81. The van der Waals surface area contributed by atoms with Crippen molar-refractivity contribution in [3.8, 4) is 0 Å². The minimum Gasteiger partial charge on any atom is -0.390 e. The van der Waals surface area contributed by atoms with Crippen molar-refractivity contribution >= 4 is 0 Å². The molecule has 1 saturated carbocycles. The summed E-state index contributed by atoms with van der Waals surface area (Å²) >= 11 is 0. The molecular formula is C21H40O. The Bertz CT molecular complexity index is 315. The van der Waals surface area contributed by atoms with Gasteiger partial charge in [-0.3, -0.25) is 0 Å². The third kappa shape index (κ3) is 7.31. The zero-order valence-electron chi connectivity index (χ0n) is 15.7. The Morgan fingerprint density at radius 1 is 1.05 bits per heavy atom. The predicted molar refractivity (Wildman–Crippen MR) is 98.1 cm³/mol. The van der Waals surface area contributed by atoms with Gasteiger partial charge in [0.2, 0.25) is 0 Å². The Labute approximate surface area is 139 Å². The summed E-state index contributed by atoms with van der Waals surface area (Å²) in [5, 5.41) is 10.8. The fraction of sp³-hybridized carbons (Fsp3) is 0.905. The van der Waals surface area contributed by atoms with Crippen molar-refractivity contribution in [2.24, 2.45) is 11.3 Å². The van der Waals surface area contributed by atoms with Crippen molar-refractivity contribution in [1.29, 1.82) is 0 Å². The van der Waals surface area contributed by atoms with E-state index in [2.05, 4.69) is 34.3 Å². The topological polar surface area (TPSA) is 20.2 Å². The molecule has 0 spiro atoms. The maximum Gasteiger partial charge on any atom is 0.0684 e. The fourth-order valence-corrected chi connectivity index (χ4v) is 3.91. The van der Waals surface area contributed by atoms with Gasteiger partial charge in [-0.25, -0.2) is 0 Å². The first kappa shape index (κ1) is 19.7. The Hall–Kier alpha value is -0.300. The van der Waals surface area contributed by atoms with E-state index >= 15 is 0 Å². The van der Waals surface area contributed by atoms with Gasteiger partial charge in [-0.05, 0) is 56.3 Å². The molecule has 0 saturated heterocycles. The number of aliphatic hydroxyl groups is 1. The van der Waals surface area contributed by atoms with Crippen LogP contribution in [0.3, 0.4) is 0 Å². The van der Waals surface area contributed by atoms with Crippen LogP contribution in [0.25, 0.3) is 0 Å². The third-order valence-electron chi connectivity index (χ3n) is 5.60. The van der Waals surface area contributed by atoms with Gasteiger partial charge in [0, 0.05) is 0 Å². The molecule has 1 nitrogen and oxygen atoms in total. The lowest BCUT2D eigenvalue weighted by Crippen LogP contribution is -2.37. The van der Waals surface area contributed by atoms with Crippen LogP contribution in [0.2, 0.25) is 0 Å². The quantitative estimate of drug-likeness (QED) is 0.373. The van der Waals surface area contributed by atoms with Crippen molar-refractivity contribution < 1.29 is 5.11 Å². The molecular weight excluding hydrogens is 268 g/mol. The lowest BCUT2D eigenvalue weighted by atomic mass is 9.67. The minimum absolute atomic E-state index is 0.386. The second kappa shape index (κ2) is 9.11. The maximum atomic E-state index is 10.8. The summed E-state index contributed by atoms with van der Waals surface area (Å²) in [5.74, 6) is 0.764. The lowest BCUT2D eigenvalue weighted by molar-refractivity contribution is -0.0249. The summed E-state index contributed by atoms with van der Waals surface area (Å²) in [6.07, 6.45) is 14.2. The number of hydrogen-bond acceptors (Lipinski definition) is 1. The monoisotopic (exact) mass is 308 g/mol. The highest BCUT2D eigenvalue weighted by Gasteiger charge is 2.37. The molecule has 0 heterocycles. The Morgan fingerprint density at radius 3 is 2.14 bits per heavy atom. The van der Waals surface area contributed by atoms with Gasteiger partial charge in [0.15, 0.2) is 0 Å². The van der Waals surface area contributed by atoms with E-state index in [-0.39, 0.29) is 0 Å². The molecule has 0 unspecified atom stereocenters. The summed E-state index contributed by atoms with van der Waals surface area (Å²) in [4.78, 5) is 0. The molecule has 0 aromatic carbocycles. The van der Waals surface area contributed by atoms with Gasteiger partial charge < -0.3 is 5.11 Å². The molecule has 1 N–H and O–H groups in total. The van der Waals surface area contributed by atoms with E-state index in [1.54, 1.807) is 0 Å². The van der Waals surface area contributed by atoms with Crippen LogP contribution < -0.4 is 0 Å². The summed E-state index contributed by atoms with van der Waals surface area (Å²) in [5.41, 5.74) is 1.20. The van der Waals surface area contributed by atoms with Crippen LogP contribution in [0.5, 0.6) is 0 Å². The van der Waals surface area contributed by atoms with Gasteiger partial charge >= 0.3 is 0 Å². The van der Waals surface area contributed by atoms with Crippen LogP contribution in [0.15, 0.2) is 12.2 Å². The summed E-state index contributed by atoms with van der Waals surface area (Å²) in [7, 11) is 0. The third-order valence-corrected chi connectivity index (χ3v) is 5.60. The van der Waals surface area contributed by atoms with Gasteiger partial charge in [-0.15, -0.1) is 0 Å². The molecule has 0 amide bonds. The first-order chi connectivity index (χ1) is 10.3. The van der Waals surface area contributed by atoms with Crippen LogP contribution in [-0.4, -0.2) is 10.7 Å². The van der Waals surface area contributed by atoms with E-state index in [1.165, 1.54) is 56.9 Å². The smallest absolute Gasteiger partial charge is 0.0684 e. The zero-order chi connectivity index (χ0) is 16.6. The molecule has 0 atom stereocenters. The Kier molecular flexibility index (Phi) is 8.17. The van der Waals surface area contributed by atoms with Crippen molar-refractivity contribution in [2.45, 2.75) is 110 Å². The van der Waals surface area contributed by atoms with Crippen molar-refractivity contribution in [3.05, 3.63) is 12.2 Å². The second-order valence-corrected chi connectivity index (χ2v) is 8.81. The summed E-state index contributed by atoms with van der Waals surface area (Å²) in [6, 6.07) is 0. The van der Waals surface area contributed by atoms with Gasteiger partial charge in [0.1, 0.15) is 0 Å². The molecule has 0 aromatic heterocycles.